The Morgan fingerprint density at radius 3 is 2.19 bits per heavy atom. The molecule has 2 rings (SSSR count). The number of carbonyl (C=O) groups excluding carboxylic acids is 1. The number of hydrogen-bond acceptors (Lipinski definition) is 3. The third kappa shape index (κ3) is 2.12. The highest BCUT2D eigenvalue weighted by atomic mass is 16.6. The van der Waals surface area contributed by atoms with Gasteiger partial charge in [-0.3, -0.25) is 4.79 Å². The molecule has 2 aliphatic carbocycles. The van der Waals surface area contributed by atoms with Crippen molar-refractivity contribution in [3.05, 3.63) is 0 Å². The first-order valence-electron chi connectivity index (χ1n) is 7.59. The zero-order chi connectivity index (χ0) is 16.3. The van der Waals surface area contributed by atoms with E-state index < -0.39 is 23.1 Å². The summed E-state index contributed by atoms with van der Waals surface area (Å²) in [6.07, 6.45) is 1.51. The fraction of sp³-hybridized carbons (Fsp3) is 0.875. The van der Waals surface area contributed by atoms with Crippen molar-refractivity contribution in [3.8, 4) is 0 Å². The summed E-state index contributed by atoms with van der Waals surface area (Å²) < 4.78 is 5.32. The van der Waals surface area contributed by atoms with Crippen LogP contribution >= 0.6 is 0 Å². The minimum atomic E-state index is -0.749. The van der Waals surface area contributed by atoms with E-state index in [0.717, 1.165) is 6.42 Å². The van der Waals surface area contributed by atoms with E-state index in [4.69, 9.17) is 4.74 Å². The van der Waals surface area contributed by atoms with E-state index in [1.54, 1.807) is 0 Å². The molecule has 1 amide bonds. The van der Waals surface area contributed by atoms with E-state index in [1.165, 1.54) is 0 Å². The summed E-state index contributed by atoms with van der Waals surface area (Å²) in [5.41, 5.74) is -1.88. The van der Waals surface area contributed by atoms with Gasteiger partial charge in [0.05, 0.1) is 5.41 Å². The lowest BCUT2D eigenvalue weighted by Gasteiger charge is -2.40. The fourth-order valence-corrected chi connectivity index (χ4v) is 4.31. The summed E-state index contributed by atoms with van der Waals surface area (Å²) in [5.74, 6) is -0.746. The van der Waals surface area contributed by atoms with Gasteiger partial charge in [0.2, 0.25) is 0 Å². The average molecular weight is 297 g/mol. The summed E-state index contributed by atoms with van der Waals surface area (Å²) in [6, 6.07) is -0.160. The Morgan fingerprint density at radius 1 is 1.19 bits per heavy atom. The molecule has 0 heterocycles. The van der Waals surface area contributed by atoms with Gasteiger partial charge in [0.25, 0.3) is 0 Å². The minimum absolute atomic E-state index is 0.160. The predicted molar refractivity (Wildman–Crippen MR) is 79.0 cm³/mol. The third-order valence-corrected chi connectivity index (χ3v) is 6.12. The largest absolute Gasteiger partial charge is 0.481 e. The highest BCUT2D eigenvalue weighted by Gasteiger charge is 2.72. The van der Waals surface area contributed by atoms with Gasteiger partial charge in [0.15, 0.2) is 0 Å². The van der Waals surface area contributed by atoms with E-state index in [9.17, 15) is 14.7 Å². The molecular weight excluding hydrogens is 270 g/mol. The van der Waals surface area contributed by atoms with Gasteiger partial charge in [-0.15, -0.1) is 0 Å². The van der Waals surface area contributed by atoms with Crippen LogP contribution in [-0.4, -0.2) is 28.8 Å². The molecule has 0 spiro atoms. The molecule has 2 aliphatic rings. The van der Waals surface area contributed by atoms with E-state index in [1.807, 2.05) is 34.6 Å². The van der Waals surface area contributed by atoms with Gasteiger partial charge in [-0.25, -0.2) is 4.79 Å². The van der Waals surface area contributed by atoms with Gasteiger partial charge in [0.1, 0.15) is 5.60 Å². The number of fused-ring (bicyclic) bond motifs is 2. The lowest BCUT2D eigenvalue weighted by molar-refractivity contribution is -0.154. The Bertz CT molecular complexity index is 479. The monoisotopic (exact) mass is 297 g/mol. The van der Waals surface area contributed by atoms with Crippen molar-refractivity contribution in [2.45, 2.75) is 72.4 Å². The van der Waals surface area contributed by atoms with Crippen molar-refractivity contribution in [3.63, 3.8) is 0 Å². The molecule has 2 saturated carbocycles. The van der Waals surface area contributed by atoms with Crippen molar-refractivity contribution < 1.29 is 19.4 Å². The molecule has 120 valence electrons. The van der Waals surface area contributed by atoms with Gasteiger partial charge in [-0.2, -0.15) is 0 Å². The first-order chi connectivity index (χ1) is 9.36. The van der Waals surface area contributed by atoms with Crippen molar-refractivity contribution in [1.29, 1.82) is 0 Å². The molecule has 0 radical (unpaired) electrons. The molecule has 0 aromatic heterocycles. The number of rotatable bonds is 2. The molecule has 0 saturated heterocycles. The van der Waals surface area contributed by atoms with Crippen LogP contribution in [0.3, 0.4) is 0 Å². The third-order valence-electron chi connectivity index (χ3n) is 6.12. The lowest BCUT2D eigenvalue weighted by Crippen LogP contribution is -2.48. The van der Waals surface area contributed by atoms with Crippen LogP contribution in [0.4, 0.5) is 4.79 Å². The number of carbonyl (C=O) groups is 2. The first kappa shape index (κ1) is 16.1. The fourth-order valence-electron chi connectivity index (χ4n) is 4.31. The van der Waals surface area contributed by atoms with Crippen LogP contribution in [0, 0.1) is 16.2 Å². The number of ether oxygens (including phenoxy) is 1. The Morgan fingerprint density at radius 2 is 1.76 bits per heavy atom. The van der Waals surface area contributed by atoms with Crippen LogP contribution < -0.4 is 5.32 Å². The van der Waals surface area contributed by atoms with Crippen LogP contribution in [0.15, 0.2) is 0 Å². The lowest BCUT2D eigenvalue weighted by atomic mass is 9.65. The first-order valence-corrected chi connectivity index (χ1v) is 7.59. The molecule has 0 aromatic rings. The molecule has 3 atom stereocenters. The minimum Gasteiger partial charge on any atom is -0.481 e. The van der Waals surface area contributed by atoms with Gasteiger partial charge in [0, 0.05) is 6.04 Å². The number of amides is 1. The highest BCUT2D eigenvalue weighted by Crippen LogP contribution is 2.72. The maximum Gasteiger partial charge on any atom is 0.407 e. The maximum absolute atomic E-state index is 12.0. The molecule has 0 aliphatic heterocycles. The number of carboxylic acids is 1. The molecule has 0 unspecified atom stereocenters. The van der Waals surface area contributed by atoms with Crippen molar-refractivity contribution in [1.82, 2.24) is 5.32 Å². The summed E-state index contributed by atoms with van der Waals surface area (Å²) in [7, 11) is 0. The van der Waals surface area contributed by atoms with E-state index in [2.05, 4.69) is 12.2 Å². The summed E-state index contributed by atoms with van der Waals surface area (Å²) >= 11 is 0. The van der Waals surface area contributed by atoms with Gasteiger partial charge < -0.3 is 15.2 Å². The number of hydrogen-bond donors (Lipinski definition) is 2. The van der Waals surface area contributed by atoms with Crippen LogP contribution in [0.1, 0.15) is 60.8 Å². The average Bonchev–Trinajstić information content (AvgIpc) is 2.56. The number of nitrogens with one attached hydrogen (secondary N) is 1. The molecular formula is C16H27NO4. The summed E-state index contributed by atoms with van der Waals surface area (Å²) in [5, 5.41) is 12.7. The zero-order valence-electron chi connectivity index (χ0n) is 13.9. The second-order valence-electron chi connectivity index (χ2n) is 8.33. The molecule has 5 nitrogen and oxygen atoms in total. The normalized spacial score (nSPS) is 37.3. The van der Waals surface area contributed by atoms with Crippen LogP contribution in [0.2, 0.25) is 0 Å². The Labute approximate surface area is 126 Å². The van der Waals surface area contributed by atoms with Crippen LogP contribution in [0.5, 0.6) is 0 Å². The molecule has 2 bridgehead atoms. The second kappa shape index (κ2) is 4.37. The molecule has 2 N–H and O–H groups in total. The van der Waals surface area contributed by atoms with Crippen LogP contribution in [-0.2, 0) is 9.53 Å². The quantitative estimate of drug-likeness (QED) is 0.820. The van der Waals surface area contributed by atoms with E-state index in [0.29, 0.717) is 12.8 Å². The highest BCUT2D eigenvalue weighted by molar-refractivity contribution is 5.78. The SMILES string of the molecule is CC(C)(C)OC(=O)N[C@@H]1C[C@]2(C(=O)O)CC[C@@]1(C)C2(C)C. The number of alkyl carbamates (subject to hydrolysis) is 1. The summed E-state index contributed by atoms with van der Waals surface area (Å²) in [4.78, 5) is 23.9. The van der Waals surface area contributed by atoms with E-state index >= 15 is 0 Å². The molecule has 5 heteroatoms. The van der Waals surface area contributed by atoms with Gasteiger partial charge in [-0.05, 0) is 50.9 Å². The van der Waals surface area contributed by atoms with Crippen molar-refractivity contribution >= 4 is 12.1 Å². The Balaban J connectivity index is 2.22. The molecule has 0 aromatic carbocycles. The molecule has 21 heavy (non-hydrogen) atoms. The number of aliphatic carboxylic acids is 1. The van der Waals surface area contributed by atoms with Gasteiger partial charge >= 0.3 is 12.1 Å². The molecule has 2 fully saturated rings. The van der Waals surface area contributed by atoms with Crippen molar-refractivity contribution in [2.24, 2.45) is 16.2 Å². The van der Waals surface area contributed by atoms with Crippen molar-refractivity contribution in [2.75, 3.05) is 0 Å². The smallest absolute Gasteiger partial charge is 0.407 e. The van der Waals surface area contributed by atoms with Crippen LogP contribution in [0.25, 0.3) is 0 Å². The topological polar surface area (TPSA) is 75.6 Å². The number of carboxylic acid groups (broad SMARTS) is 1. The zero-order valence-corrected chi connectivity index (χ0v) is 13.9. The van der Waals surface area contributed by atoms with E-state index in [-0.39, 0.29) is 16.9 Å². The summed E-state index contributed by atoms with van der Waals surface area (Å²) in [6.45, 7) is 11.6. The van der Waals surface area contributed by atoms with Gasteiger partial charge in [-0.1, -0.05) is 20.8 Å². The second-order valence-corrected chi connectivity index (χ2v) is 8.33. The maximum atomic E-state index is 12.0. The standard InChI is InChI=1S/C16H27NO4/c1-13(2,3)21-12(20)17-10-9-16(11(18)19)8-7-15(10,6)14(16,4)5/h10H,7-9H2,1-6H3,(H,17,20)(H,18,19)/t10-,15-,16+/m1/s1. The predicted octanol–water partition coefficient (Wildman–Crippen LogP) is 3.18. The Hall–Kier alpha value is -1.26. The Kier molecular flexibility index (Phi) is 3.35.